The monoisotopic (exact) mass is 569 g/mol. The second-order valence-corrected chi connectivity index (χ2v) is 9.94. The maximum Gasteiger partial charge on any atom is 0.433 e. The number of benzene rings is 1. The van der Waals surface area contributed by atoms with Crippen molar-refractivity contribution in [3.8, 4) is 11.3 Å². The van der Waals surface area contributed by atoms with Crippen LogP contribution in [0.3, 0.4) is 0 Å². The number of aromatic nitrogens is 5. The van der Waals surface area contributed by atoms with Crippen molar-refractivity contribution in [1.29, 1.82) is 0 Å². The molecule has 41 heavy (non-hydrogen) atoms. The van der Waals surface area contributed by atoms with E-state index < -0.39 is 11.9 Å². The number of nitrogens with two attached hydrogens (primary N) is 1. The van der Waals surface area contributed by atoms with Crippen molar-refractivity contribution in [2.45, 2.75) is 44.8 Å². The zero-order chi connectivity index (χ0) is 29.1. The number of aromatic amines is 1. The minimum Gasteiger partial charge on any atom is -0.354 e. The summed E-state index contributed by atoms with van der Waals surface area (Å²) in [5.41, 5.74) is 7.21. The van der Waals surface area contributed by atoms with Gasteiger partial charge in [0.1, 0.15) is 5.69 Å². The number of hydrogen-bond acceptors (Lipinski definition) is 7. The van der Waals surface area contributed by atoms with Crippen molar-refractivity contribution in [2.75, 3.05) is 18.4 Å². The molecule has 1 aliphatic rings. The molecular weight excluding hydrogens is 539 g/mol. The highest BCUT2D eigenvalue weighted by Gasteiger charge is 2.36. The van der Waals surface area contributed by atoms with Gasteiger partial charge in [-0.25, -0.2) is 9.97 Å². The fraction of sp³-hybridized carbons (Fsp3) is 0.370. The zero-order valence-corrected chi connectivity index (χ0v) is 22.3. The Bertz CT molecular complexity index is 1560. The molecule has 1 aliphatic carbocycles. The van der Waals surface area contributed by atoms with Gasteiger partial charge in [-0.1, -0.05) is 6.92 Å². The number of halogens is 3. The first-order valence-electron chi connectivity index (χ1n) is 13.3. The summed E-state index contributed by atoms with van der Waals surface area (Å²) in [5.74, 6) is -0.0294. The van der Waals surface area contributed by atoms with Crippen molar-refractivity contribution < 1.29 is 22.8 Å². The van der Waals surface area contributed by atoms with Crippen molar-refractivity contribution in [3.63, 3.8) is 0 Å². The molecule has 0 bridgehead atoms. The smallest absolute Gasteiger partial charge is 0.354 e. The SMILES string of the molecule is CCc1cc(Nc2nccn3c(-c4cn[nH]c4C(F)(F)F)cnc23)ccc1C(=O)NCCNC(=O)[C@@H]1CC[C@@H](N)C1. The number of fused-ring (bicyclic) bond motifs is 1. The summed E-state index contributed by atoms with van der Waals surface area (Å²) in [6.45, 7) is 2.53. The lowest BCUT2D eigenvalue weighted by Crippen LogP contribution is -2.37. The van der Waals surface area contributed by atoms with E-state index in [2.05, 4.69) is 31.0 Å². The summed E-state index contributed by atoms with van der Waals surface area (Å²) < 4.78 is 41.7. The number of carbonyl (C=O) groups excluding carboxylic acids is 2. The van der Waals surface area contributed by atoms with E-state index in [-0.39, 0.29) is 41.6 Å². The van der Waals surface area contributed by atoms with Gasteiger partial charge in [0.05, 0.1) is 23.7 Å². The van der Waals surface area contributed by atoms with Crippen LogP contribution in [0, 0.1) is 5.92 Å². The molecule has 0 aliphatic heterocycles. The van der Waals surface area contributed by atoms with Crippen LogP contribution in [0.5, 0.6) is 0 Å². The zero-order valence-electron chi connectivity index (χ0n) is 22.3. The number of imidazole rings is 1. The predicted octanol–water partition coefficient (Wildman–Crippen LogP) is 3.42. The molecule has 216 valence electrons. The lowest BCUT2D eigenvalue weighted by Gasteiger charge is -2.14. The normalized spacial score (nSPS) is 17.1. The Labute approximate surface area is 233 Å². The van der Waals surface area contributed by atoms with Crippen LogP contribution >= 0.6 is 0 Å². The molecule has 14 heteroatoms. The molecule has 1 fully saturated rings. The first kappa shape index (κ1) is 28.1. The Kier molecular flexibility index (Phi) is 7.92. The van der Waals surface area contributed by atoms with Crippen molar-refractivity contribution in [3.05, 3.63) is 59.8 Å². The summed E-state index contributed by atoms with van der Waals surface area (Å²) in [6, 6.07) is 5.29. The van der Waals surface area contributed by atoms with E-state index in [1.165, 1.54) is 23.0 Å². The van der Waals surface area contributed by atoms with Crippen molar-refractivity contribution in [1.82, 2.24) is 35.2 Å². The van der Waals surface area contributed by atoms with Crippen LogP contribution in [0.1, 0.15) is 47.8 Å². The summed E-state index contributed by atoms with van der Waals surface area (Å²) in [5, 5.41) is 14.4. The van der Waals surface area contributed by atoms with Gasteiger partial charge in [0.15, 0.2) is 11.5 Å². The van der Waals surface area contributed by atoms with E-state index in [4.69, 9.17) is 5.73 Å². The fourth-order valence-electron chi connectivity index (χ4n) is 5.08. The second-order valence-electron chi connectivity index (χ2n) is 9.94. The van der Waals surface area contributed by atoms with E-state index in [1.807, 2.05) is 18.1 Å². The van der Waals surface area contributed by atoms with Gasteiger partial charge in [0.2, 0.25) is 5.91 Å². The summed E-state index contributed by atoms with van der Waals surface area (Å²) in [4.78, 5) is 33.7. The molecule has 1 saturated carbocycles. The number of aryl methyl sites for hydroxylation is 1. The van der Waals surface area contributed by atoms with E-state index in [0.717, 1.165) is 24.6 Å². The predicted molar refractivity (Wildman–Crippen MR) is 145 cm³/mol. The molecule has 4 aromatic rings. The Morgan fingerprint density at radius 2 is 1.95 bits per heavy atom. The van der Waals surface area contributed by atoms with Gasteiger partial charge >= 0.3 is 6.18 Å². The Hall–Kier alpha value is -4.46. The standard InChI is InChI=1S/C27H30F3N9O2/c1-2-15-12-18(5-6-19(15)26(41)34-8-7-33-25(40)16-3-4-17(31)11-16)37-23-24-35-14-21(39(24)10-9-32-23)20-13-36-38-22(20)27(28,29)30/h5-6,9-10,12-14,16-17H,2-4,7-8,11,31H2,1H3,(H,32,37)(H,33,40)(H,34,41)(H,36,38)/t16-,17-/m1/s1. The third kappa shape index (κ3) is 6.01. The molecular formula is C27H30F3N9O2. The first-order chi connectivity index (χ1) is 19.7. The van der Waals surface area contributed by atoms with Crippen molar-refractivity contribution >= 4 is 29.0 Å². The summed E-state index contributed by atoms with van der Waals surface area (Å²) >= 11 is 0. The average Bonchev–Trinajstić information content (AvgIpc) is 3.70. The molecule has 6 N–H and O–H groups in total. The van der Waals surface area contributed by atoms with Gasteiger partial charge in [-0.2, -0.15) is 18.3 Å². The largest absolute Gasteiger partial charge is 0.433 e. The highest BCUT2D eigenvalue weighted by atomic mass is 19.4. The summed E-state index contributed by atoms with van der Waals surface area (Å²) in [6.07, 6.45) is 3.71. The molecule has 1 aromatic carbocycles. The second kappa shape index (κ2) is 11.6. The van der Waals surface area contributed by atoms with Gasteiger partial charge < -0.3 is 21.7 Å². The van der Waals surface area contributed by atoms with Crippen LogP contribution in [0.2, 0.25) is 0 Å². The van der Waals surface area contributed by atoms with Gasteiger partial charge in [-0.3, -0.25) is 19.1 Å². The molecule has 0 saturated heterocycles. The van der Waals surface area contributed by atoms with Crippen LogP contribution in [0.4, 0.5) is 24.7 Å². The number of hydrogen-bond donors (Lipinski definition) is 5. The average molecular weight is 570 g/mol. The summed E-state index contributed by atoms with van der Waals surface area (Å²) in [7, 11) is 0. The lowest BCUT2D eigenvalue weighted by molar-refractivity contribution is -0.140. The minimum absolute atomic E-state index is 0.0318. The molecule has 3 heterocycles. The number of H-pyrrole nitrogens is 1. The van der Waals surface area contributed by atoms with Crippen LogP contribution in [-0.4, -0.2) is 55.5 Å². The maximum atomic E-state index is 13.4. The number of amides is 2. The van der Waals surface area contributed by atoms with Crippen LogP contribution in [0.15, 0.2) is 43.0 Å². The third-order valence-electron chi connectivity index (χ3n) is 7.17. The van der Waals surface area contributed by atoms with Crippen LogP contribution in [0.25, 0.3) is 16.9 Å². The Balaban J connectivity index is 1.26. The van der Waals surface area contributed by atoms with E-state index >= 15 is 0 Å². The van der Waals surface area contributed by atoms with Crippen LogP contribution < -0.4 is 21.7 Å². The highest BCUT2D eigenvalue weighted by molar-refractivity contribution is 5.96. The molecule has 0 radical (unpaired) electrons. The number of nitrogens with one attached hydrogen (secondary N) is 4. The van der Waals surface area contributed by atoms with E-state index in [1.54, 1.807) is 12.1 Å². The number of alkyl halides is 3. The van der Waals surface area contributed by atoms with E-state index in [0.29, 0.717) is 42.1 Å². The third-order valence-corrected chi connectivity index (χ3v) is 7.17. The Morgan fingerprint density at radius 3 is 2.68 bits per heavy atom. The lowest BCUT2D eigenvalue weighted by atomic mass is 10.0. The van der Waals surface area contributed by atoms with Crippen LogP contribution in [-0.2, 0) is 17.4 Å². The van der Waals surface area contributed by atoms with Gasteiger partial charge in [-0.05, 0) is 49.4 Å². The van der Waals surface area contributed by atoms with E-state index in [9.17, 15) is 22.8 Å². The topological polar surface area (TPSA) is 155 Å². The molecule has 3 aromatic heterocycles. The molecule has 0 spiro atoms. The minimum atomic E-state index is -4.60. The number of anilines is 2. The molecule has 5 rings (SSSR count). The van der Waals surface area contributed by atoms with Gasteiger partial charge in [0.25, 0.3) is 5.91 Å². The molecule has 0 unspecified atom stereocenters. The van der Waals surface area contributed by atoms with Gasteiger partial charge in [0, 0.05) is 48.7 Å². The molecule has 2 amide bonds. The maximum absolute atomic E-state index is 13.4. The molecule has 2 atom stereocenters. The molecule has 11 nitrogen and oxygen atoms in total. The highest BCUT2D eigenvalue weighted by Crippen LogP contribution is 2.36. The van der Waals surface area contributed by atoms with Gasteiger partial charge in [-0.15, -0.1) is 0 Å². The quantitative estimate of drug-likeness (QED) is 0.194. The number of nitrogens with zero attached hydrogens (tertiary/aromatic N) is 4. The number of carbonyl (C=O) groups is 2. The Morgan fingerprint density at radius 1 is 1.15 bits per heavy atom. The van der Waals surface area contributed by atoms with Crippen molar-refractivity contribution in [2.24, 2.45) is 11.7 Å². The fourth-order valence-corrected chi connectivity index (χ4v) is 5.08. The first-order valence-corrected chi connectivity index (χ1v) is 13.3. The number of rotatable bonds is 9.